The Bertz CT molecular complexity index is 612. The van der Waals surface area contributed by atoms with Crippen LogP contribution in [0.15, 0.2) is 18.2 Å². The molecule has 1 N–H and O–H groups in total. The molecular formula is C19H28N2O5. The number of hydrogen-bond acceptors (Lipinski definition) is 5. The summed E-state index contributed by atoms with van der Waals surface area (Å²) < 4.78 is 16.1. The molecule has 0 unspecified atom stereocenters. The Balaban J connectivity index is 1.99. The second-order valence-electron chi connectivity index (χ2n) is 5.97. The molecule has 7 nitrogen and oxygen atoms in total. The monoisotopic (exact) mass is 364 g/mol. The molecule has 0 spiro atoms. The summed E-state index contributed by atoms with van der Waals surface area (Å²) in [4.78, 5) is 26.1. The number of anilines is 1. The Kier molecular flexibility index (Phi) is 7.56. The highest BCUT2D eigenvalue weighted by Gasteiger charge is 2.28. The van der Waals surface area contributed by atoms with E-state index in [-0.39, 0.29) is 17.9 Å². The smallest absolute Gasteiger partial charge is 0.409 e. The Morgan fingerprint density at radius 3 is 2.38 bits per heavy atom. The van der Waals surface area contributed by atoms with Crippen LogP contribution in [-0.2, 0) is 9.53 Å². The first kappa shape index (κ1) is 19.9. The summed E-state index contributed by atoms with van der Waals surface area (Å²) in [6, 6.07) is 5.40. The first-order valence-electron chi connectivity index (χ1n) is 9.21. The van der Waals surface area contributed by atoms with Crippen molar-refractivity contribution in [3.63, 3.8) is 0 Å². The molecule has 1 aromatic carbocycles. The van der Waals surface area contributed by atoms with Gasteiger partial charge in [-0.1, -0.05) is 0 Å². The zero-order valence-corrected chi connectivity index (χ0v) is 15.7. The van der Waals surface area contributed by atoms with Crippen LogP contribution >= 0.6 is 0 Å². The minimum Gasteiger partial charge on any atom is -0.494 e. The molecule has 1 aliphatic rings. The first-order valence-corrected chi connectivity index (χ1v) is 9.21. The van der Waals surface area contributed by atoms with Gasteiger partial charge in [-0.15, -0.1) is 0 Å². The van der Waals surface area contributed by atoms with E-state index < -0.39 is 0 Å². The molecule has 1 saturated heterocycles. The van der Waals surface area contributed by atoms with Gasteiger partial charge in [0.25, 0.3) is 0 Å². The van der Waals surface area contributed by atoms with Crippen LogP contribution in [0.4, 0.5) is 10.5 Å². The number of likely N-dealkylation sites (tertiary alicyclic amines) is 1. The third-order valence-corrected chi connectivity index (χ3v) is 4.21. The van der Waals surface area contributed by atoms with E-state index in [1.807, 2.05) is 19.9 Å². The lowest BCUT2D eigenvalue weighted by molar-refractivity contribution is -0.121. The molecule has 0 aromatic heterocycles. The van der Waals surface area contributed by atoms with Crippen LogP contribution in [0, 0.1) is 5.92 Å². The van der Waals surface area contributed by atoms with Gasteiger partial charge in [-0.25, -0.2) is 4.79 Å². The van der Waals surface area contributed by atoms with Gasteiger partial charge < -0.3 is 24.4 Å². The molecule has 0 radical (unpaired) electrons. The molecule has 2 amide bonds. The Labute approximate surface area is 154 Å². The largest absolute Gasteiger partial charge is 0.494 e. The summed E-state index contributed by atoms with van der Waals surface area (Å²) in [6.07, 6.45) is 0.911. The van der Waals surface area contributed by atoms with Crippen LogP contribution in [-0.4, -0.2) is 49.8 Å². The van der Waals surface area contributed by atoms with Crippen molar-refractivity contribution in [2.75, 3.05) is 38.2 Å². The Morgan fingerprint density at radius 1 is 1.08 bits per heavy atom. The summed E-state index contributed by atoms with van der Waals surface area (Å²) in [5.41, 5.74) is 0.607. The Morgan fingerprint density at radius 2 is 1.77 bits per heavy atom. The van der Waals surface area contributed by atoms with Gasteiger partial charge in [0, 0.05) is 25.1 Å². The van der Waals surface area contributed by atoms with Crippen molar-refractivity contribution in [2.45, 2.75) is 33.6 Å². The lowest BCUT2D eigenvalue weighted by atomic mass is 9.96. The second-order valence-corrected chi connectivity index (χ2v) is 5.97. The predicted octanol–water partition coefficient (Wildman–Crippen LogP) is 3.29. The molecule has 7 heteroatoms. The van der Waals surface area contributed by atoms with Crippen molar-refractivity contribution in [3.8, 4) is 11.5 Å². The normalized spacial score (nSPS) is 14.7. The topological polar surface area (TPSA) is 77.1 Å². The number of nitrogens with zero attached hydrogens (tertiary/aromatic N) is 1. The quantitative estimate of drug-likeness (QED) is 0.803. The van der Waals surface area contributed by atoms with Crippen LogP contribution in [0.2, 0.25) is 0 Å². The third kappa shape index (κ3) is 5.28. The fourth-order valence-corrected chi connectivity index (χ4v) is 2.92. The second kappa shape index (κ2) is 9.89. The van der Waals surface area contributed by atoms with E-state index in [1.54, 1.807) is 24.0 Å². The van der Waals surface area contributed by atoms with Gasteiger partial charge in [-0.2, -0.15) is 0 Å². The molecule has 144 valence electrons. The summed E-state index contributed by atoms with van der Waals surface area (Å²) in [5.74, 6) is 1.09. The van der Waals surface area contributed by atoms with Crippen molar-refractivity contribution in [1.82, 2.24) is 4.90 Å². The van der Waals surface area contributed by atoms with Crippen LogP contribution in [0.1, 0.15) is 33.6 Å². The van der Waals surface area contributed by atoms with E-state index in [0.717, 1.165) is 0 Å². The first-order chi connectivity index (χ1) is 12.6. The molecule has 2 rings (SSSR count). The number of piperidine rings is 1. The molecule has 26 heavy (non-hydrogen) atoms. The molecular weight excluding hydrogens is 336 g/mol. The zero-order chi connectivity index (χ0) is 18.9. The molecule has 1 aliphatic heterocycles. The van der Waals surface area contributed by atoms with Gasteiger partial charge in [0.1, 0.15) is 11.5 Å². The maximum atomic E-state index is 12.7. The molecule has 0 aliphatic carbocycles. The van der Waals surface area contributed by atoms with Crippen molar-refractivity contribution in [1.29, 1.82) is 0 Å². The van der Waals surface area contributed by atoms with Gasteiger partial charge in [-0.05, 0) is 45.7 Å². The van der Waals surface area contributed by atoms with Gasteiger partial charge >= 0.3 is 6.09 Å². The lowest BCUT2D eigenvalue weighted by Gasteiger charge is -2.30. The van der Waals surface area contributed by atoms with Crippen molar-refractivity contribution < 1.29 is 23.8 Å². The summed E-state index contributed by atoms with van der Waals surface area (Å²) >= 11 is 0. The van der Waals surface area contributed by atoms with Gasteiger partial charge in [0.05, 0.1) is 25.5 Å². The third-order valence-electron chi connectivity index (χ3n) is 4.21. The van der Waals surface area contributed by atoms with Crippen molar-refractivity contribution in [3.05, 3.63) is 18.2 Å². The number of nitrogens with one attached hydrogen (secondary N) is 1. The Hall–Kier alpha value is -2.44. The number of hydrogen-bond donors (Lipinski definition) is 1. The number of rotatable bonds is 7. The van der Waals surface area contributed by atoms with E-state index in [2.05, 4.69) is 5.32 Å². The summed E-state index contributed by atoms with van der Waals surface area (Å²) in [5, 5.41) is 2.95. The van der Waals surface area contributed by atoms with Gasteiger partial charge in [-0.3, -0.25) is 4.79 Å². The number of benzene rings is 1. The minimum atomic E-state index is -0.311. The SMILES string of the molecule is CCOC(=O)N1CCC(C(=O)Nc2cc(OCC)ccc2OCC)CC1. The highest BCUT2D eigenvalue weighted by atomic mass is 16.6. The average molecular weight is 364 g/mol. The molecule has 1 aromatic rings. The highest BCUT2D eigenvalue weighted by Crippen LogP contribution is 2.30. The van der Waals surface area contributed by atoms with Gasteiger partial charge in [0.2, 0.25) is 5.91 Å². The van der Waals surface area contributed by atoms with Crippen molar-refractivity contribution in [2.24, 2.45) is 5.92 Å². The van der Waals surface area contributed by atoms with E-state index in [4.69, 9.17) is 14.2 Å². The van der Waals surface area contributed by atoms with Crippen LogP contribution in [0.5, 0.6) is 11.5 Å². The molecule has 1 heterocycles. The number of carbonyl (C=O) groups is 2. The van der Waals surface area contributed by atoms with Crippen molar-refractivity contribution >= 4 is 17.7 Å². The zero-order valence-electron chi connectivity index (χ0n) is 15.7. The van der Waals surface area contributed by atoms with Gasteiger partial charge in [0.15, 0.2) is 0 Å². The summed E-state index contributed by atoms with van der Waals surface area (Å²) in [7, 11) is 0. The number of ether oxygens (including phenoxy) is 3. The minimum absolute atomic E-state index is 0.0666. The summed E-state index contributed by atoms with van der Waals surface area (Å²) in [6.45, 7) is 8.05. The van der Waals surface area contributed by atoms with Crippen LogP contribution in [0.3, 0.4) is 0 Å². The van der Waals surface area contributed by atoms with Crippen LogP contribution in [0.25, 0.3) is 0 Å². The fraction of sp³-hybridized carbons (Fsp3) is 0.579. The highest BCUT2D eigenvalue weighted by molar-refractivity contribution is 5.94. The maximum absolute atomic E-state index is 12.7. The lowest BCUT2D eigenvalue weighted by Crippen LogP contribution is -2.41. The predicted molar refractivity (Wildman–Crippen MR) is 98.7 cm³/mol. The molecule has 0 bridgehead atoms. The average Bonchev–Trinajstić information content (AvgIpc) is 2.64. The molecule has 0 saturated carbocycles. The number of amides is 2. The van der Waals surface area contributed by atoms with E-state index >= 15 is 0 Å². The molecule has 0 atom stereocenters. The van der Waals surface area contributed by atoms with E-state index in [1.165, 1.54) is 0 Å². The van der Waals surface area contributed by atoms with E-state index in [9.17, 15) is 9.59 Å². The molecule has 1 fully saturated rings. The van der Waals surface area contributed by atoms with Crippen LogP contribution < -0.4 is 14.8 Å². The maximum Gasteiger partial charge on any atom is 0.409 e. The number of carbonyl (C=O) groups excluding carboxylic acids is 2. The fourth-order valence-electron chi connectivity index (χ4n) is 2.92. The standard InChI is InChI=1S/C19H28N2O5/c1-4-24-15-7-8-17(25-5-2)16(13-15)20-18(22)14-9-11-21(12-10-14)19(23)26-6-3/h7-8,13-14H,4-6,9-12H2,1-3H3,(H,20,22). The van der Waals surface area contributed by atoms with E-state index in [0.29, 0.717) is 62.9 Å².